The quantitative estimate of drug-likeness (QED) is 0.511. The van der Waals surface area contributed by atoms with Crippen LogP contribution in [-0.2, 0) is 6.42 Å². The summed E-state index contributed by atoms with van der Waals surface area (Å²) in [6.07, 6.45) is -11.4. The van der Waals surface area contributed by atoms with Crippen molar-refractivity contribution in [3.63, 3.8) is 0 Å². The standard InChI is InChI=1S/C9H11F6N3S/c1-4-3-19-6(17-4)2-5(18-16)7(8(10,11)12)9(13,14)15/h3,5,7,18H,2,16H2,1H3. The van der Waals surface area contributed by atoms with E-state index < -0.39 is 30.7 Å². The molecule has 0 radical (unpaired) electrons. The van der Waals surface area contributed by atoms with Gasteiger partial charge in [0.15, 0.2) is 5.92 Å². The van der Waals surface area contributed by atoms with Crippen molar-refractivity contribution in [2.45, 2.75) is 31.7 Å². The molecule has 0 spiro atoms. The SMILES string of the molecule is Cc1csc(CC(NN)C(C(F)(F)F)C(F)(F)F)n1. The van der Waals surface area contributed by atoms with Crippen LogP contribution in [0.1, 0.15) is 10.7 Å². The van der Waals surface area contributed by atoms with Gasteiger partial charge in [-0.05, 0) is 6.92 Å². The third kappa shape index (κ3) is 4.32. The number of aryl methyl sites for hydroxylation is 1. The van der Waals surface area contributed by atoms with E-state index in [1.165, 1.54) is 0 Å². The monoisotopic (exact) mass is 307 g/mol. The van der Waals surface area contributed by atoms with Crippen molar-refractivity contribution >= 4 is 11.3 Å². The first-order valence-electron chi connectivity index (χ1n) is 5.06. The highest BCUT2D eigenvalue weighted by Gasteiger charge is 2.60. The Morgan fingerprint density at radius 2 is 1.79 bits per heavy atom. The Bertz CT molecular complexity index is 399. The first kappa shape index (κ1) is 16.2. The maximum Gasteiger partial charge on any atom is 0.402 e. The molecular formula is C9H11F6N3S. The lowest BCUT2D eigenvalue weighted by Gasteiger charge is -2.29. The fraction of sp³-hybridized carbons (Fsp3) is 0.667. The molecule has 0 aliphatic heterocycles. The first-order chi connectivity index (χ1) is 8.55. The van der Waals surface area contributed by atoms with Gasteiger partial charge in [-0.1, -0.05) is 0 Å². The number of halogens is 6. The van der Waals surface area contributed by atoms with Gasteiger partial charge in [-0.2, -0.15) is 26.3 Å². The zero-order valence-corrected chi connectivity index (χ0v) is 10.5. The van der Waals surface area contributed by atoms with Gasteiger partial charge < -0.3 is 0 Å². The van der Waals surface area contributed by atoms with Crippen LogP contribution in [0, 0.1) is 12.8 Å². The van der Waals surface area contributed by atoms with Crippen LogP contribution in [0.3, 0.4) is 0 Å². The minimum absolute atomic E-state index is 0.166. The van der Waals surface area contributed by atoms with Crippen LogP contribution in [0.4, 0.5) is 26.3 Å². The molecule has 1 atom stereocenters. The number of thiazole rings is 1. The molecule has 1 heterocycles. The first-order valence-corrected chi connectivity index (χ1v) is 5.94. The summed E-state index contributed by atoms with van der Waals surface area (Å²) in [5.74, 6) is 1.32. The molecule has 0 aliphatic rings. The third-order valence-electron chi connectivity index (χ3n) is 2.38. The number of nitrogens with two attached hydrogens (primary N) is 1. The van der Waals surface area contributed by atoms with Crippen LogP contribution in [0.2, 0.25) is 0 Å². The lowest BCUT2D eigenvalue weighted by molar-refractivity contribution is -0.291. The van der Waals surface area contributed by atoms with Crippen molar-refractivity contribution in [2.24, 2.45) is 11.8 Å². The highest BCUT2D eigenvalue weighted by molar-refractivity contribution is 7.09. The highest BCUT2D eigenvalue weighted by Crippen LogP contribution is 2.42. The molecule has 3 N–H and O–H groups in total. The molecule has 0 amide bonds. The number of rotatable bonds is 4. The summed E-state index contributed by atoms with van der Waals surface area (Å²) < 4.78 is 75.2. The summed E-state index contributed by atoms with van der Waals surface area (Å²) in [5, 5.41) is 1.71. The zero-order chi connectivity index (χ0) is 14.8. The molecule has 0 saturated carbocycles. The number of hydrogen-bond acceptors (Lipinski definition) is 4. The molecule has 0 fully saturated rings. The topological polar surface area (TPSA) is 50.9 Å². The second-order valence-electron chi connectivity index (χ2n) is 3.92. The van der Waals surface area contributed by atoms with Gasteiger partial charge in [0, 0.05) is 23.5 Å². The molecule has 0 aliphatic carbocycles. The van der Waals surface area contributed by atoms with Crippen LogP contribution >= 0.6 is 11.3 Å². The third-order valence-corrected chi connectivity index (χ3v) is 3.37. The average Bonchev–Trinajstić information content (AvgIpc) is 2.58. The van der Waals surface area contributed by atoms with Gasteiger partial charge in [0.05, 0.1) is 5.01 Å². The molecule has 110 valence electrons. The van der Waals surface area contributed by atoms with E-state index in [0.29, 0.717) is 5.69 Å². The summed E-state index contributed by atoms with van der Waals surface area (Å²) in [4.78, 5) is 3.83. The zero-order valence-electron chi connectivity index (χ0n) is 9.64. The van der Waals surface area contributed by atoms with Crippen molar-refractivity contribution in [2.75, 3.05) is 0 Å². The Morgan fingerprint density at radius 3 is 2.11 bits per heavy atom. The Balaban J connectivity index is 2.97. The minimum atomic E-state index is -5.43. The van der Waals surface area contributed by atoms with Crippen LogP contribution in [0.5, 0.6) is 0 Å². The Labute approximate surface area is 108 Å². The lowest BCUT2D eigenvalue weighted by atomic mass is 9.96. The molecule has 1 unspecified atom stereocenters. The summed E-state index contributed by atoms with van der Waals surface area (Å²) >= 11 is 0.991. The lowest BCUT2D eigenvalue weighted by Crippen LogP contribution is -2.54. The van der Waals surface area contributed by atoms with Gasteiger partial charge in [-0.25, -0.2) is 4.98 Å². The van der Waals surface area contributed by atoms with E-state index >= 15 is 0 Å². The second kappa shape index (κ2) is 5.63. The summed E-state index contributed by atoms with van der Waals surface area (Å²) in [7, 11) is 0. The summed E-state index contributed by atoms with van der Waals surface area (Å²) in [6, 6.07) is -2.01. The Kier molecular flexibility index (Phi) is 4.80. The molecule has 1 rings (SSSR count). The van der Waals surface area contributed by atoms with Crippen LogP contribution in [-0.4, -0.2) is 23.4 Å². The molecule has 0 aromatic carbocycles. The Morgan fingerprint density at radius 1 is 1.26 bits per heavy atom. The maximum absolute atomic E-state index is 12.5. The largest absolute Gasteiger partial charge is 0.402 e. The minimum Gasteiger partial charge on any atom is -0.271 e. The van der Waals surface area contributed by atoms with Crippen molar-refractivity contribution < 1.29 is 26.3 Å². The van der Waals surface area contributed by atoms with E-state index in [2.05, 4.69) is 4.98 Å². The van der Waals surface area contributed by atoms with E-state index in [9.17, 15) is 26.3 Å². The van der Waals surface area contributed by atoms with Crippen LogP contribution in [0.15, 0.2) is 5.38 Å². The van der Waals surface area contributed by atoms with Gasteiger partial charge >= 0.3 is 12.4 Å². The normalized spacial score (nSPS) is 15.0. The smallest absolute Gasteiger partial charge is 0.271 e. The average molecular weight is 307 g/mol. The number of aromatic nitrogens is 1. The van der Waals surface area contributed by atoms with Crippen molar-refractivity contribution in [3.8, 4) is 0 Å². The summed E-state index contributed by atoms with van der Waals surface area (Å²) in [5.41, 5.74) is 2.13. The van der Waals surface area contributed by atoms with Crippen LogP contribution in [0.25, 0.3) is 0 Å². The molecule has 0 bridgehead atoms. The van der Waals surface area contributed by atoms with E-state index in [1.807, 2.05) is 0 Å². The molecule has 3 nitrogen and oxygen atoms in total. The number of nitrogens with one attached hydrogen (secondary N) is 1. The molecule has 10 heteroatoms. The number of nitrogens with zero attached hydrogens (tertiary/aromatic N) is 1. The molecule has 1 aromatic heterocycles. The van der Waals surface area contributed by atoms with E-state index in [4.69, 9.17) is 5.84 Å². The van der Waals surface area contributed by atoms with Gasteiger partial charge in [0.2, 0.25) is 0 Å². The van der Waals surface area contributed by atoms with Crippen molar-refractivity contribution in [3.05, 3.63) is 16.1 Å². The van der Waals surface area contributed by atoms with E-state index in [-0.39, 0.29) is 5.01 Å². The maximum atomic E-state index is 12.5. The van der Waals surface area contributed by atoms with Crippen molar-refractivity contribution in [1.82, 2.24) is 10.4 Å². The van der Waals surface area contributed by atoms with Gasteiger partial charge in [-0.15, -0.1) is 11.3 Å². The molecule has 19 heavy (non-hydrogen) atoms. The highest BCUT2D eigenvalue weighted by atomic mass is 32.1. The number of hydrazine groups is 1. The Hall–Kier alpha value is -0.870. The number of hydrogen-bond donors (Lipinski definition) is 2. The van der Waals surface area contributed by atoms with Gasteiger partial charge in [0.1, 0.15) is 0 Å². The van der Waals surface area contributed by atoms with E-state index in [1.54, 1.807) is 17.7 Å². The van der Waals surface area contributed by atoms with Gasteiger partial charge in [-0.3, -0.25) is 11.3 Å². The van der Waals surface area contributed by atoms with Crippen LogP contribution < -0.4 is 11.3 Å². The fourth-order valence-electron chi connectivity index (χ4n) is 1.60. The molecule has 0 saturated heterocycles. The summed E-state index contributed by atoms with van der Waals surface area (Å²) in [6.45, 7) is 1.59. The second-order valence-corrected chi connectivity index (χ2v) is 4.86. The fourth-order valence-corrected chi connectivity index (χ4v) is 2.43. The van der Waals surface area contributed by atoms with E-state index in [0.717, 1.165) is 11.3 Å². The molecule has 1 aromatic rings. The predicted octanol–water partition coefficient (Wildman–Crippen LogP) is 2.57. The predicted molar refractivity (Wildman–Crippen MR) is 57.3 cm³/mol. The van der Waals surface area contributed by atoms with Crippen molar-refractivity contribution in [1.29, 1.82) is 0 Å². The van der Waals surface area contributed by atoms with Gasteiger partial charge in [0.25, 0.3) is 0 Å². The number of alkyl halides is 6. The molecular weight excluding hydrogens is 296 g/mol.